The van der Waals surface area contributed by atoms with E-state index < -0.39 is 0 Å². The van der Waals surface area contributed by atoms with Crippen molar-refractivity contribution in [1.82, 2.24) is 0 Å². The molecule has 1 heteroatoms. The van der Waals surface area contributed by atoms with Crippen LogP contribution in [0.2, 0.25) is 0 Å². The van der Waals surface area contributed by atoms with Crippen LogP contribution in [0.3, 0.4) is 0 Å². The molecule has 3 rings (SSSR count). The highest BCUT2D eigenvalue weighted by molar-refractivity contribution is 5.86. The van der Waals surface area contributed by atoms with Crippen molar-refractivity contribution in [3.63, 3.8) is 0 Å². The van der Waals surface area contributed by atoms with Gasteiger partial charge < -0.3 is 0 Å². The number of Topliss-reactive ketones (excluding diaryl/α,β-unsaturated/α-hetero) is 1. The Hall–Kier alpha value is -0.330. The molecule has 0 saturated heterocycles. The summed E-state index contributed by atoms with van der Waals surface area (Å²) in [6.07, 6.45) is 11.8. The number of fused-ring (bicyclic) bond motifs is 1. The number of carbonyl (C=O) groups excluding carboxylic acids is 1. The van der Waals surface area contributed by atoms with E-state index in [0.717, 1.165) is 17.8 Å². The van der Waals surface area contributed by atoms with E-state index in [1.54, 1.807) is 0 Å². The van der Waals surface area contributed by atoms with Crippen molar-refractivity contribution in [3.8, 4) is 0 Å². The Bertz CT molecular complexity index is 276. The van der Waals surface area contributed by atoms with Gasteiger partial charge in [0, 0.05) is 11.8 Å². The van der Waals surface area contributed by atoms with Crippen LogP contribution in [0.1, 0.15) is 64.7 Å². The molecular weight excluding hydrogens is 208 g/mol. The van der Waals surface area contributed by atoms with Gasteiger partial charge in [-0.15, -0.1) is 0 Å². The lowest BCUT2D eigenvalue weighted by molar-refractivity contribution is -0.125. The molecule has 3 saturated carbocycles. The second kappa shape index (κ2) is 4.74. The van der Waals surface area contributed by atoms with E-state index in [0.29, 0.717) is 17.6 Å². The Morgan fingerprint density at radius 3 is 2.06 bits per heavy atom. The van der Waals surface area contributed by atoms with E-state index in [2.05, 4.69) is 6.92 Å². The number of carbonyl (C=O) groups is 1. The average Bonchev–Trinajstić information content (AvgIpc) is 3.12. The fourth-order valence-electron chi connectivity index (χ4n) is 4.54. The van der Waals surface area contributed by atoms with Crippen LogP contribution in [-0.4, -0.2) is 5.78 Å². The first-order chi connectivity index (χ1) is 8.31. The summed E-state index contributed by atoms with van der Waals surface area (Å²) in [5.74, 6) is 4.20. The molecular formula is C16H26O. The molecule has 2 atom stereocenters. The lowest BCUT2D eigenvalue weighted by atomic mass is 9.78. The maximum Gasteiger partial charge on any atom is 0.139 e. The van der Waals surface area contributed by atoms with Crippen LogP contribution in [-0.2, 0) is 4.79 Å². The van der Waals surface area contributed by atoms with E-state index in [4.69, 9.17) is 0 Å². The van der Waals surface area contributed by atoms with Gasteiger partial charge in [0.25, 0.3) is 0 Å². The highest BCUT2D eigenvalue weighted by atomic mass is 16.1. The number of ketones is 1. The Balaban J connectivity index is 1.54. The summed E-state index contributed by atoms with van der Waals surface area (Å²) in [5.41, 5.74) is 0. The van der Waals surface area contributed by atoms with E-state index in [9.17, 15) is 4.79 Å². The molecule has 0 aromatic heterocycles. The zero-order valence-corrected chi connectivity index (χ0v) is 11.2. The van der Waals surface area contributed by atoms with Crippen LogP contribution in [0.15, 0.2) is 0 Å². The largest absolute Gasteiger partial charge is 0.299 e. The molecule has 0 aromatic carbocycles. The maximum absolute atomic E-state index is 12.5. The molecule has 3 aliphatic carbocycles. The minimum absolute atomic E-state index is 0.452. The van der Waals surface area contributed by atoms with E-state index in [1.165, 1.54) is 57.8 Å². The summed E-state index contributed by atoms with van der Waals surface area (Å²) in [6.45, 7) is 2.29. The summed E-state index contributed by atoms with van der Waals surface area (Å²) in [4.78, 5) is 12.5. The summed E-state index contributed by atoms with van der Waals surface area (Å²) >= 11 is 0. The molecule has 0 amide bonds. The van der Waals surface area contributed by atoms with Crippen molar-refractivity contribution in [2.45, 2.75) is 64.7 Å². The predicted octanol–water partition coefficient (Wildman–Crippen LogP) is 4.21. The lowest BCUT2D eigenvalue weighted by Gasteiger charge is -2.27. The topological polar surface area (TPSA) is 17.1 Å². The van der Waals surface area contributed by atoms with Crippen LogP contribution < -0.4 is 0 Å². The monoisotopic (exact) mass is 234 g/mol. The first-order valence-electron chi connectivity index (χ1n) is 7.85. The molecule has 0 radical (unpaired) electrons. The molecule has 1 nitrogen and oxygen atoms in total. The van der Waals surface area contributed by atoms with Crippen LogP contribution in [0.25, 0.3) is 0 Å². The van der Waals surface area contributed by atoms with Gasteiger partial charge >= 0.3 is 0 Å². The maximum atomic E-state index is 12.5. The third-order valence-corrected chi connectivity index (χ3v) is 5.81. The SMILES string of the molecule is CCC1CCC(C(=O)C2C3CCCCC32)CC1. The molecule has 0 aromatic rings. The number of rotatable bonds is 3. The first-order valence-corrected chi connectivity index (χ1v) is 7.85. The van der Waals surface area contributed by atoms with E-state index in [1.807, 2.05) is 0 Å². The molecule has 17 heavy (non-hydrogen) atoms. The van der Waals surface area contributed by atoms with Gasteiger partial charge in [0.05, 0.1) is 0 Å². The molecule has 3 fully saturated rings. The van der Waals surface area contributed by atoms with Crippen LogP contribution in [0.5, 0.6) is 0 Å². The molecule has 96 valence electrons. The third-order valence-electron chi connectivity index (χ3n) is 5.81. The Morgan fingerprint density at radius 2 is 1.53 bits per heavy atom. The summed E-state index contributed by atoms with van der Waals surface area (Å²) in [6, 6.07) is 0. The lowest BCUT2D eigenvalue weighted by Crippen LogP contribution is -2.23. The quantitative estimate of drug-likeness (QED) is 0.715. The smallest absolute Gasteiger partial charge is 0.139 e. The van der Waals surface area contributed by atoms with Gasteiger partial charge in [-0.2, -0.15) is 0 Å². The van der Waals surface area contributed by atoms with Gasteiger partial charge in [-0.3, -0.25) is 4.79 Å². The van der Waals surface area contributed by atoms with Gasteiger partial charge in [0.1, 0.15) is 5.78 Å². The standard InChI is InChI=1S/C16H26O/c1-2-11-7-9-12(10-8-11)16(17)15-13-5-3-4-6-14(13)15/h11-15H,2-10H2,1H3. The summed E-state index contributed by atoms with van der Waals surface area (Å²) < 4.78 is 0. The van der Waals surface area contributed by atoms with Gasteiger partial charge in [0.2, 0.25) is 0 Å². The molecule has 0 aliphatic heterocycles. The Morgan fingerprint density at radius 1 is 0.941 bits per heavy atom. The van der Waals surface area contributed by atoms with Crippen LogP contribution in [0.4, 0.5) is 0 Å². The fourth-order valence-corrected chi connectivity index (χ4v) is 4.54. The average molecular weight is 234 g/mol. The third kappa shape index (κ3) is 2.18. The first kappa shape index (κ1) is 11.7. The van der Waals surface area contributed by atoms with Crippen molar-refractivity contribution in [2.75, 3.05) is 0 Å². The second-order valence-electron chi connectivity index (χ2n) is 6.67. The molecule has 0 heterocycles. The predicted molar refractivity (Wildman–Crippen MR) is 69.7 cm³/mol. The van der Waals surface area contributed by atoms with Gasteiger partial charge in [-0.25, -0.2) is 0 Å². The van der Waals surface area contributed by atoms with Crippen molar-refractivity contribution in [2.24, 2.45) is 29.6 Å². The van der Waals surface area contributed by atoms with Crippen LogP contribution in [0, 0.1) is 29.6 Å². The molecule has 2 unspecified atom stereocenters. The van der Waals surface area contributed by atoms with E-state index >= 15 is 0 Å². The molecule has 3 aliphatic rings. The van der Waals surface area contributed by atoms with Crippen molar-refractivity contribution in [3.05, 3.63) is 0 Å². The summed E-state index contributed by atoms with van der Waals surface area (Å²) in [5, 5.41) is 0. The van der Waals surface area contributed by atoms with Crippen LogP contribution >= 0.6 is 0 Å². The molecule has 0 N–H and O–H groups in total. The highest BCUT2D eigenvalue weighted by Gasteiger charge is 2.55. The zero-order valence-electron chi connectivity index (χ0n) is 11.2. The van der Waals surface area contributed by atoms with E-state index in [-0.39, 0.29) is 0 Å². The Kier molecular flexibility index (Phi) is 3.28. The minimum atomic E-state index is 0.452. The molecule has 0 spiro atoms. The normalized spacial score (nSPS) is 45.1. The minimum Gasteiger partial charge on any atom is -0.299 e. The highest BCUT2D eigenvalue weighted by Crippen LogP contribution is 2.57. The number of hydrogen-bond donors (Lipinski definition) is 0. The Labute approximate surface area is 105 Å². The fraction of sp³-hybridized carbons (Fsp3) is 0.938. The van der Waals surface area contributed by atoms with Gasteiger partial charge in [-0.1, -0.05) is 26.2 Å². The van der Waals surface area contributed by atoms with Crippen molar-refractivity contribution in [1.29, 1.82) is 0 Å². The van der Waals surface area contributed by atoms with Crippen molar-refractivity contribution >= 4 is 5.78 Å². The zero-order chi connectivity index (χ0) is 11.8. The van der Waals surface area contributed by atoms with Gasteiger partial charge in [0.15, 0.2) is 0 Å². The van der Waals surface area contributed by atoms with Crippen molar-refractivity contribution < 1.29 is 4.79 Å². The molecule has 0 bridgehead atoms. The summed E-state index contributed by atoms with van der Waals surface area (Å²) in [7, 11) is 0. The second-order valence-corrected chi connectivity index (χ2v) is 6.67. The van der Waals surface area contributed by atoms with Gasteiger partial charge in [-0.05, 0) is 56.3 Å². The number of hydrogen-bond acceptors (Lipinski definition) is 1.